The molecular formula is C48H66N2O4. The van der Waals surface area contributed by atoms with Crippen molar-refractivity contribution in [2.45, 2.75) is 131 Å². The molecule has 1 N–H and O–H groups in total. The number of benzene rings is 4. The van der Waals surface area contributed by atoms with E-state index >= 15 is 0 Å². The molecule has 0 fully saturated rings. The Morgan fingerprint density at radius 1 is 0.574 bits per heavy atom. The molecule has 0 aliphatic rings. The minimum Gasteiger partial charge on any atom is -0.508 e. The number of aromatic hydroxyl groups is 1. The molecule has 0 radical (unpaired) electrons. The zero-order valence-corrected chi connectivity index (χ0v) is 34.6. The van der Waals surface area contributed by atoms with Gasteiger partial charge in [0.05, 0.1) is 19.1 Å². The minimum absolute atomic E-state index is 0.0259. The molecule has 4 rings (SSSR count). The molecule has 4 aromatic carbocycles. The second-order valence-electron chi connectivity index (χ2n) is 16.2. The summed E-state index contributed by atoms with van der Waals surface area (Å²) in [5.74, 6) is 0.510. The van der Waals surface area contributed by atoms with Crippen LogP contribution in [0.4, 0.5) is 0 Å². The molecule has 0 aromatic heterocycles. The first-order valence-electron chi connectivity index (χ1n) is 20.1. The predicted molar refractivity (Wildman–Crippen MR) is 223 cm³/mol. The van der Waals surface area contributed by atoms with Crippen molar-refractivity contribution in [2.75, 3.05) is 13.1 Å². The monoisotopic (exact) mass is 735 g/mol. The van der Waals surface area contributed by atoms with Gasteiger partial charge in [0.25, 0.3) is 0 Å². The zero-order valence-electron chi connectivity index (χ0n) is 34.6. The number of ether oxygens (including phenoxy) is 2. The zero-order chi connectivity index (χ0) is 39.4. The molecule has 0 saturated heterocycles. The van der Waals surface area contributed by atoms with Crippen LogP contribution in [-0.2, 0) is 22.7 Å². The van der Waals surface area contributed by atoms with Crippen LogP contribution in [-0.4, -0.2) is 58.1 Å². The summed E-state index contributed by atoms with van der Waals surface area (Å²) in [4.78, 5) is 18.0. The van der Waals surface area contributed by atoms with Crippen molar-refractivity contribution >= 4 is 5.97 Å². The number of hydrogen-bond acceptors (Lipinski definition) is 6. The summed E-state index contributed by atoms with van der Waals surface area (Å²) in [5.41, 5.74) is 6.35. The third-order valence-corrected chi connectivity index (χ3v) is 10.5. The van der Waals surface area contributed by atoms with Crippen LogP contribution in [0.1, 0.15) is 127 Å². The molecule has 0 amide bonds. The quantitative estimate of drug-likeness (QED) is 0.0720. The third kappa shape index (κ3) is 12.0. The number of carbonyl (C=O) groups excluding carboxylic acids is 1. The molecule has 54 heavy (non-hydrogen) atoms. The molecule has 6 heteroatoms. The van der Waals surface area contributed by atoms with E-state index in [9.17, 15) is 9.90 Å². The van der Waals surface area contributed by atoms with Crippen molar-refractivity contribution in [1.82, 2.24) is 9.80 Å². The summed E-state index contributed by atoms with van der Waals surface area (Å²) in [6.07, 6.45) is 1.77. The first-order chi connectivity index (χ1) is 25.8. The Balaban J connectivity index is 1.61. The molecule has 0 aliphatic heterocycles. The Kier molecular flexibility index (Phi) is 16.3. The molecular weight excluding hydrogens is 669 g/mol. The highest BCUT2D eigenvalue weighted by molar-refractivity contribution is 5.75. The van der Waals surface area contributed by atoms with Crippen molar-refractivity contribution in [3.8, 4) is 11.5 Å². The summed E-state index contributed by atoms with van der Waals surface area (Å²) in [6, 6.07) is 34.7. The van der Waals surface area contributed by atoms with E-state index < -0.39 is 0 Å². The maximum absolute atomic E-state index is 12.9. The van der Waals surface area contributed by atoms with Crippen molar-refractivity contribution in [3.63, 3.8) is 0 Å². The molecule has 292 valence electrons. The van der Waals surface area contributed by atoms with Gasteiger partial charge in [-0.1, -0.05) is 86.6 Å². The van der Waals surface area contributed by atoms with E-state index in [-0.39, 0.29) is 23.7 Å². The number of phenols is 1. The number of nitrogens with zero attached hydrogens (tertiary/aromatic N) is 2. The van der Waals surface area contributed by atoms with E-state index in [1.807, 2.05) is 50.2 Å². The molecule has 0 unspecified atom stereocenters. The summed E-state index contributed by atoms with van der Waals surface area (Å²) in [6.45, 7) is 24.3. The second-order valence-corrected chi connectivity index (χ2v) is 16.2. The lowest BCUT2D eigenvalue weighted by Crippen LogP contribution is -2.38. The fraction of sp³-hybridized carbons (Fsp3) is 0.479. The fourth-order valence-electron chi connectivity index (χ4n) is 7.69. The van der Waals surface area contributed by atoms with Crippen LogP contribution in [0.3, 0.4) is 0 Å². The van der Waals surface area contributed by atoms with Gasteiger partial charge in [-0.2, -0.15) is 0 Å². The number of phenolic OH excluding ortho intramolecular Hbond substituents is 1. The molecule has 0 spiro atoms. The van der Waals surface area contributed by atoms with E-state index in [1.54, 1.807) is 0 Å². The van der Waals surface area contributed by atoms with Gasteiger partial charge in [0, 0.05) is 47.1 Å². The summed E-state index contributed by atoms with van der Waals surface area (Å²) < 4.78 is 12.5. The van der Waals surface area contributed by atoms with E-state index in [0.29, 0.717) is 48.9 Å². The lowest BCUT2D eigenvalue weighted by atomic mass is 9.86. The molecule has 4 aromatic rings. The Hall–Kier alpha value is -3.97. The average Bonchev–Trinajstić information content (AvgIpc) is 3.13. The van der Waals surface area contributed by atoms with Crippen LogP contribution < -0.4 is 4.74 Å². The molecule has 0 bridgehead atoms. The first-order valence-corrected chi connectivity index (χ1v) is 20.1. The Labute approximate surface area is 326 Å². The van der Waals surface area contributed by atoms with E-state index in [0.717, 1.165) is 48.2 Å². The highest BCUT2D eigenvalue weighted by atomic mass is 16.5. The van der Waals surface area contributed by atoms with Crippen LogP contribution >= 0.6 is 0 Å². The van der Waals surface area contributed by atoms with E-state index in [1.165, 1.54) is 11.1 Å². The van der Waals surface area contributed by atoms with Gasteiger partial charge in [-0.3, -0.25) is 14.6 Å². The van der Waals surface area contributed by atoms with Crippen molar-refractivity contribution < 1.29 is 19.4 Å². The SMILES string of the molecule is CC(C)C(=O)Oc1ccc(COCc2ccc(O)c([C@H](CCN(C(C)C)C(C)C)c3ccccc3)c2)cc1[C@H](CCN(C(C)C)C(C)C)c1ccccc1. The lowest BCUT2D eigenvalue weighted by Gasteiger charge is -2.32. The van der Waals surface area contributed by atoms with Crippen LogP contribution in [0.2, 0.25) is 0 Å². The first kappa shape index (κ1) is 42.8. The van der Waals surface area contributed by atoms with Gasteiger partial charge >= 0.3 is 5.97 Å². The molecule has 0 aliphatic carbocycles. The van der Waals surface area contributed by atoms with Crippen LogP contribution in [0.5, 0.6) is 11.5 Å². The topological polar surface area (TPSA) is 62.2 Å². The molecule has 2 atom stereocenters. The van der Waals surface area contributed by atoms with Crippen molar-refractivity contribution in [1.29, 1.82) is 0 Å². The number of rotatable bonds is 20. The Morgan fingerprint density at radius 2 is 1.00 bits per heavy atom. The van der Waals surface area contributed by atoms with Crippen molar-refractivity contribution in [2.24, 2.45) is 5.92 Å². The average molecular weight is 735 g/mol. The maximum atomic E-state index is 12.9. The molecule has 0 heterocycles. The van der Waals surface area contributed by atoms with Gasteiger partial charge in [0.2, 0.25) is 0 Å². The third-order valence-electron chi connectivity index (χ3n) is 10.5. The van der Waals surface area contributed by atoms with Crippen LogP contribution in [0.15, 0.2) is 97.1 Å². The largest absolute Gasteiger partial charge is 0.508 e. The van der Waals surface area contributed by atoms with Crippen molar-refractivity contribution in [3.05, 3.63) is 130 Å². The van der Waals surface area contributed by atoms with E-state index in [2.05, 4.69) is 126 Å². The maximum Gasteiger partial charge on any atom is 0.313 e. The standard InChI is InChI=1S/C48H66N2O4/c1-33(2)48(52)54-47-24-22-39(30-45(47)43(41-19-15-12-16-20-41)26-28-50(36(7)8)37(9)10)32-53-31-38-21-23-46(51)44(29-38)42(40-17-13-11-14-18-40)25-27-49(34(3)4)35(5)6/h11-24,29-30,33-37,42-43,51H,25-28,31-32H2,1-10H3/t42-,43-/m1/s1. The van der Waals surface area contributed by atoms with Gasteiger partial charge in [0.15, 0.2) is 0 Å². The van der Waals surface area contributed by atoms with Gasteiger partial charge in [-0.05, 0) is 128 Å². The highest BCUT2D eigenvalue weighted by Gasteiger charge is 2.25. The lowest BCUT2D eigenvalue weighted by molar-refractivity contribution is -0.137. The minimum atomic E-state index is -0.241. The Bertz CT molecular complexity index is 1700. The summed E-state index contributed by atoms with van der Waals surface area (Å²) in [7, 11) is 0. The second kappa shape index (κ2) is 20.6. The van der Waals surface area contributed by atoms with Gasteiger partial charge in [0.1, 0.15) is 11.5 Å². The van der Waals surface area contributed by atoms with Crippen LogP contribution in [0.25, 0.3) is 0 Å². The van der Waals surface area contributed by atoms with Crippen LogP contribution in [0, 0.1) is 5.92 Å². The summed E-state index contributed by atoms with van der Waals surface area (Å²) >= 11 is 0. The number of hydrogen-bond donors (Lipinski definition) is 1. The predicted octanol–water partition coefficient (Wildman–Crippen LogP) is 11.0. The fourth-order valence-corrected chi connectivity index (χ4v) is 7.69. The number of carbonyl (C=O) groups is 1. The van der Waals surface area contributed by atoms with Gasteiger partial charge < -0.3 is 14.6 Å². The molecule has 0 saturated carbocycles. The van der Waals surface area contributed by atoms with E-state index in [4.69, 9.17) is 9.47 Å². The Morgan fingerprint density at radius 3 is 1.44 bits per heavy atom. The highest BCUT2D eigenvalue weighted by Crippen LogP contribution is 2.38. The smallest absolute Gasteiger partial charge is 0.313 e. The normalized spacial score (nSPS) is 13.2. The van der Waals surface area contributed by atoms with Gasteiger partial charge in [-0.15, -0.1) is 0 Å². The molecule has 6 nitrogen and oxygen atoms in total. The number of esters is 1. The summed E-state index contributed by atoms with van der Waals surface area (Å²) in [5, 5.41) is 11.2. The van der Waals surface area contributed by atoms with Gasteiger partial charge in [-0.25, -0.2) is 0 Å².